The molecule has 0 aliphatic carbocycles. The molecule has 6 rings (SSSR count). The maximum atomic E-state index is 13.2. The van der Waals surface area contributed by atoms with Crippen molar-refractivity contribution in [3.63, 3.8) is 0 Å². The molecule has 10 heteroatoms. The van der Waals surface area contributed by atoms with E-state index in [2.05, 4.69) is 5.32 Å². The second-order valence-corrected chi connectivity index (χ2v) is 9.39. The van der Waals surface area contributed by atoms with E-state index in [0.717, 1.165) is 0 Å². The molecule has 0 spiro atoms. The summed E-state index contributed by atoms with van der Waals surface area (Å²) in [7, 11) is 0. The zero-order valence-corrected chi connectivity index (χ0v) is 19.7. The standard InChI is InChI=1S/C26H27N3O7/c30-24-11-17(14-29(24)19-2-4-20-23(13-19)34-10-9-33-20)26(32)28-7-5-16(6-8-28)25(31)27-18-1-3-21-22(12-18)36-15-35-21/h1-4,12-13,16-17H,5-11,14-15H2,(H,27,31)/t17-/m1/s1. The van der Waals surface area contributed by atoms with Crippen LogP contribution in [0.5, 0.6) is 23.0 Å². The smallest absolute Gasteiger partial charge is 0.231 e. The number of nitrogens with one attached hydrogen (secondary N) is 1. The maximum absolute atomic E-state index is 13.2. The summed E-state index contributed by atoms with van der Waals surface area (Å²) < 4.78 is 21.9. The number of nitrogens with zero attached hydrogens (tertiary/aromatic N) is 2. The van der Waals surface area contributed by atoms with Gasteiger partial charge in [0.2, 0.25) is 24.5 Å². The zero-order valence-electron chi connectivity index (χ0n) is 19.7. The maximum Gasteiger partial charge on any atom is 0.231 e. The average molecular weight is 494 g/mol. The summed E-state index contributed by atoms with van der Waals surface area (Å²) in [5.41, 5.74) is 1.37. The lowest BCUT2D eigenvalue weighted by Crippen LogP contribution is -2.44. The molecule has 2 aromatic carbocycles. The summed E-state index contributed by atoms with van der Waals surface area (Å²) in [4.78, 5) is 42.2. The number of amides is 3. The van der Waals surface area contributed by atoms with Gasteiger partial charge in [0.05, 0.1) is 5.92 Å². The van der Waals surface area contributed by atoms with Crippen molar-refractivity contribution in [1.29, 1.82) is 0 Å². The summed E-state index contributed by atoms with van der Waals surface area (Å²) >= 11 is 0. The molecule has 4 aliphatic rings. The molecule has 0 unspecified atom stereocenters. The van der Waals surface area contributed by atoms with Crippen molar-refractivity contribution >= 4 is 29.1 Å². The molecule has 4 aliphatic heterocycles. The number of carbonyl (C=O) groups is 3. The van der Waals surface area contributed by atoms with Gasteiger partial charge < -0.3 is 34.1 Å². The highest BCUT2D eigenvalue weighted by Gasteiger charge is 2.39. The molecule has 3 amide bonds. The van der Waals surface area contributed by atoms with E-state index >= 15 is 0 Å². The quantitative estimate of drug-likeness (QED) is 0.697. The Morgan fingerprint density at radius 3 is 2.36 bits per heavy atom. The van der Waals surface area contributed by atoms with E-state index in [1.54, 1.807) is 40.1 Å². The van der Waals surface area contributed by atoms with Gasteiger partial charge in [-0.25, -0.2) is 0 Å². The Hall–Kier alpha value is -3.95. The van der Waals surface area contributed by atoms with Crippen LogP contribution >= 0.6 is 0 Å². The number of anilines is 2. The SMILES string of the molecule is O=C(Nc1ccc2c(c1)OCO2)C1CCN(C(=O)[C@@H]2CC(=O)N(c3ccc4c(c3)OCCO4)C2)CC1. The number of likely N-dealkylation sites (tertiary alicyclic amines) is 1. The van der Waals surface area contributed by atoms with Crippen molar-refractivity contribution in [3.05, 3.63) is 36.4 Å². The summed E-state index contributed by atoms with van der Waals surface area (Å²) in [6.07, 6.45) is 1.33. The van der Waals surface area contributed by atoms with Gasteiger partial charge in [-0.2, -0.15) is 0 Å². The molecular weight excluding hydrogens is 466 g/mol. The van der Waals surface area contributed by atoms with Crippen molar-refractivity contribution in [1.82, 2.24) is 4.90 Å². The Morgan fingerprint density at radius 1 is 0.833 bits per heavy atom. The molecule has 1 N–H and O–H groups in total. The third kappa shape index (κ3) is 4.27. The van der Waals surface area contributed by atoms with Gasteiger partial charge in [-0.3, -0.25) is 14.4 Å². The van der Waals surface area contributed by atoms with Crippen molar-refractivity contribution in [3.8, 4) is 23.0 Å². The molecule has 2 fully saturated rings. The summed E-state index contributed by atoms with van der Waals surface area (Å²) in [5, 5.41) is 2.94. The number of hydrogen-bond acceptors (Lipinski definition) is 7. The molecule has 10 nitrogen and oxygen atoms in total. The van der Waals surface area contributed by atoms with E-state index in [9.17, 15) is 14.4 Å². The van der Waals surface area contributed by atoms with Gasteiger partial charge in [-0.15, -0.1) is 0 Å². The normalized spacial score (nSPS) is 21.0. The molecule has 36 heavy (non-hydrogen) atoms. The van der Waals surface area contributed by atoms with Gasteiger partial charge in [0.15, 0.2) is 23.0 Å². The molecular formula is C26H27N3O7. The lowest BCUT2D eigenvalue weighted by Gasteiger charge is -2.33. The third-order valence-corrected chi connectivity index (χ3v) is 7.13. The molecule has 4 heterocycles. The third-order valence-electron chi connectivity index (χ3n) is 7.13. The minimum absolute atomic E-state index is 0.0296. The molecule has 188 valence electrons. The first-order chi connectivity index (χ1) is 17.5. The van der Waals surface area contributed by atoms with Gasteiger partial charge in [-0.1, -0.05) is 0 Å². The first-order valence-corrected chi connectivity index (χ1v) is 12.2. The van der Waals surface area contributed by atoms with E-state index < -0.39 is 5.92 Å². The van der Waals surface area contributed by atoms with E-state index in [1.165, 1.54) is 0 Å². The average Bonchev–Trinajstić information content (AvgIpc) is 3.54. The molecule has 0 bridgehead atoms. The zero-order chi connectivity index (χ0) is 24.6. The van der Waals surface area contributed by atoms with Gasteiger partial charge in [0.25, 0.3) is 0 Å². The number of fused-ring (bicyclic) bond motifs is 2. The second-order valence-electron chi connectivity index (χ2n) is 9.39. The van der Waals surface area contributed by atoms with Crippen molar-refractivity contribution in [2.45, 2.75) is 19.3 Å². The molecule has 0 saturated carbocycles. The van der Waals surface area contributed by atoms with Crippen LogP contribution in [0.25, 0.3) is 0 Å². The lowest BCUT2D eigenvalue weighted by molar-refractivity contribution is -0.138. The van der Waals surface area contributed by atoms with Crippen LogP contribution in [0.15, 0.2) is 36.4 Å². The number of rotatable bonds is 4. The second kappa shape index (κ2) is 9.25. The highest BCUT2D eigenvalue weighted by molar-refractivity contribution is 6.00. The van der Waals surface area contributed by atoms with E-state index in [4.69, 9.17) is 18.9 Å². The number of piperidine rings is 1. The molecule has 2 aromatic rings. The predicted octanol–water partition coefficient (Wildman–Crippen LogP) is 2.42. The Kier molecular flexibility index (Phi) is 5.79. The fourth-order valence-electron chi connectivity index (χ4n) is 5.16. The number of carbonyl (C=O) groups excluding carboxylic acids is 3. The van der Waals surface area contributed by atoms with E-state index in [0.29, 0.717) is 80.1 Å². The minimum Gasteiger partial charge on any atom is -0.486 e. The monoisotopic (exact) mass is 493 g/mol. The Balaban J connectivity index is 1.03. The van der Waals surface area contributed by atoms with Gasteiger partial charge >= 0.3 is 0 Å². The molecule has 0 radical (unpaired) electrons. The summed E-state index contributed by atoms with van der Waals surface area (Å²) in [6.45, 7) is 2.47. The minimum atomic E-state index is -0.398. The van der Waals surface area contributed by atoms with Crippen LogP contribution in [0, 0.1) is 11.8 Å². The van der Waals surface area contributed by atoms with Crippen LogP contribution < -0.4 is 29.2 Å². The highest BCUT2D eigenvalue weighted by atomic mass is 16.7. The molecule has 1 atom stereocenters. The predicted molar refractivity (Wildman–Crippen MR) is 128 cm³/mol. The van der Waals surface area contributed by atoms with Crippen LogP contribution in [0.3, 0.4) is 0 Å². The summed E-state index contributed by atoms with van der Waals surface area (Å²) in [6, 6.07) is 10.7. The fourth-order valence-corrected chi connectivity index (χ4v) is 5.16. The topological polar surface area (TPSA) is 107 Å². The fraction of sp³-hybridized carbons (Fsp3) is 0.423. The van der Waals surface area contributed by atoms with E-state index in [-0.39, 0.29) is 36.9 Å². The summed E-state index contributed by atoms with van der Waals surface area (Å²) in [5.74, 6) is 1.80. The number of hydrogen-bond donors (Lipinski definition) is 1. The first-order valence-electron chi connectivity index (χ1n) is 12.2. The van der Waals surface area contributed by atoms with Gasteiger partial charge in [0.1, 0.15) is 13.2 Å². The van der Waals surface area contributed by atoms with Crippen LogP contribution in [-0.2, 0) is 14.4 Å². The molecule has 2 saturated heterocycles. The highest BCUT2D eigenvalue weighted by Crippen LogP contribution is 2.37. The van der Waals surface area contributed by atoms with E-state index in [1.807, 2.05) is 6.07 Å². The lowest BCUT2D eigenvalue weighted by atomic mass is 9.94. The largest absolute Gasteiger partial charge is 0.486 e. The first kappa shape index (κ1) is 22.5. The number of benzene rings is 2. The van der Waals surface area contributed by atoms with Crippen LogP contribution in [0.1, 0.15) is 19.3 Å². The van der Waals surface area contributed by atoms with Gasteiger partial charge in [-0.05, 0) is 37.1 Å². The Labute approximate surface area is 208 Å². The van der Waals surface area contributed by atoms with Crippen molar-refractivity contribution in [2.24, 2.45) is 11.8 Å². The number of ether oxygens (including phenoxy) is 4. The molecule has 0 aromatic heterocycles. The Bertz CT molecular complexity index is 1210. The van der Waals surface area contributed by atoms with Crippen LogP contribution in [-0.4, -0.2) is 62.3 Å². The van der Waals surface area contributed by atoms with Crippen molar-refractivity contribution in [2.75, 3.05) is 49.9 Å². The Morgan fingerprint density at radius 2 is 1.53 bits per heavy atom. The van der Waals surface area contributed by atoms with Gasteiger partial charge in [0, 0.05) is 55.5 Å². The van der Waals surface area contributed by atoms with Crippen LogP contribution in [0.2, 0.25) is 0 Å². The van der Waals surface area contributed by atoms with Crippen LogP contribution in [0.4, 0.5) is 11.4 Å². The van der Waals surface area contributed by atoms with Crippen molar-refractivity contribution < 1.29 is 33.3 Å².